The minimum absolute atomic E-state index is 0.00781. The number of halogens is 4. The Balaban J connectivity index is 0.000000164. The highest BCUT2D eigenvalue weighted by molar-refractivity contribution is 6.35. The van der Waals surface area contributed by atoms with Crippen molar-refractivity contribution < 1.29 is 9.59 Å². The van der Waals surface area contributed by atoms with E-state index >= 15 is 0 Å². The van der Waals surface area contributed by atoms with E-state index in [1.165, 1.54) is 11.1 Å². The molecule has 0 saturated carbocycles. The molecule has 4 aliphatic heterocycles. The monoisotopic (exact) mass is 953 g/mol. The van der Waals surface area contributed by atoms with Gasteiger partial charge in [0.05, 0.1) is 58.9 Å². The Morgan fingerprint density at radius 3 is 1.75 bits per heavy atom. The molecule has 6 heterocycles. The fraction of sp³-hybridized carbons (Fsp3) is 0.400. The smallest absolute Gasteiger partial charge is 0.239 e. The van der Waals surface area contributed by atoms with Crippen LogP contribution in [0, 0.1) is 0 Å². The molecule has 65 heavy (non-hydrogen) atoms. The number of carbonyl (C=O) groups is 2. The molecule has 0 aliphatic carbocycles. The maximum absolute atomic E-state index is 12.8. The molecule has 0 spiro atoms. The van der Waals surface area contributed by atoms with Crippen LogP contribution in [-0.4, -0.2) is 105 Å². The number of nitrogens with zero attached hydrogens (tertiary/aromatic N) is 7. The minimum atomic E-state index is -0.0134. The number of nitrogens with one attached hydrogen (secondary N) is 2. The molecule has 15 heteroatoms. The number of amides is 2. The van der Waals surface area contributed by atoms with Crippen LogP contribution in [-0.2, 0) is 9.59 Å². The van der Waals surface area contributed by atoms with E-state index in [4.69, 9.17) is 46.4 Å². The number of anilines is 1. The first-order chi connectivity index (χ1) is 31.5. The zero-order valence-electron chi connectivity index (χ0n) is 36.8. The molecule has 0 radical (unpaired) electrons. The summed E-state index contributed by atoms with van der Waals surface area (Å²) < 4.78 is 4.31. The van der Waals surface area contributed by atoms with Crippen LogP contribution < -0.4 is 15.5 Å². The molecule has 2 N–H and O–H groups in total. The summed E-state index contributed by atoms with van der Waals surface area (Å²) in [5.41, 5.74) is 9.66. The molecule has 4 aliphatic rings. The second-order valence-corrected chi connectivity index (χ2v) is 19.3. The zero-order chi connectivity index (χ0) is 45.2. The molecule has 6 aromatic rings. The van der Waals surface area contributed by atoms with Crippen LogP contribution in [0.25, 0.3) is 27.6 Å². The molecule has 3 fully saturated rings. The van der Waals surface area contributed by atoms with Gasteiger partial charge in [0.2, 0.25) is 11.8 Å². The van der Waals surface area contributed by atoms with Crippen LogP contribution in [0.4, 0.5) is 5.69 Å². The average molecular weight is 956 g/mol. The highest BCUT2D eigenvalue weighted by Crippen LogP contribution is 2.34. The lowest BCUT2D eigenvalue weighted by Crippen LogP contribution is -2.53. The second kappa shape index (κ2) is 20.1. The van der Waals surface area contributed by atoms with Gasteiger partial charge in [-0.3, -0.25) is 9.59 Å². The van der Waals surface area contributed by atoms with Crippen molar-refractivity contribution in [1.82, 2.24) is 39.5 Å². The van der Waals surface area contributed by atoms with E-state index in [-0.39, 0.29) is 36.0 Å². The number of benzene rings is 4. The standard InChI is InChI=1S/C26H28Cl2N4O.C24H27Cl2N5O/c1-17(21-7-6-20(27)15-22(21)28)32-16-30-23-8-5-19(14-25(23)32)18-9-12-31(13-10-18)26(33)24-4-2-3-11-29-24;1-16(19-6-4-17(25)13-20(19)26)31-15-28-21-7-5-18(14-23(21)31)29-9-11-30(12-10-29)24(32)22-3-2-8-27-22/h5-9,14-17,24,29H,2-4,10-13H2,1H3;4-7,13-16,22,27H,2-3,8-12H2,1H3. The number of piperazine rings is 1. The first kappa shape index (κ1) is 45.5. The van der Waals surface area contributed by atoms with Crippen molar-refractivity contribution in [2.24, 2.45) is 0 Å². The first-order valence-corrected chi connectivity index (χ1v) is 24.4. The summed E-state index contributed by atoms with van der Waals surface area (Å²) in [5.74, 6) is 0.497. The summed E-state index contributed by atoms with van der Waals surface area (Å²) in [6.07, 6.45) is 12.1. The summed E-state index contributed by atoms with van der Waals surface area (Å²) in [4.78, 5) is 41.1. The largest absolute Gasteiger partial charge is 0.368 e. The molecule has 3 saturated heterocycles. The summed E-state index contributed by atoms with van der Waals surface area (Å²) in [7, 11) is 0. The quantitative estimate of drug-likeness (QED) is 0.157. The summed E-state index contributed by atoms with van der Waals surface area (Å²) in [5, 5.41) is 9.26. The predicted octanol–water partition coefficient (Wildman–Crippen LogP) is 10.1. The Hall–Kier alpha value is -4.62. The van der Waals surface area contributed by atoms with Gasteiger partial charge in [0.25, 0.3) is 0 Å². The van der Waals surface area contributed by atoms with E-state index in [0.29, 0.717) is 26.6 Å². The van der Waals surface area contributed by atoms with Crippen LogP contribution in [0.2, 0.25) is 20.1 Å². The number of hydrogen-bond donors (Lipinski definition) is 2. The predicted molar refractivity (Wildman–Crippen MR) is 265 cm³/mol. The van der Waals surface area contributed by atoms with Gasteiger partial charge in [-0.1, -0.05) is 77.1 Å². The van der Waals surface area contributed by atoms with E-state index in [2.05, 4.69) is 91.0 Å². The first-order valence-electron chi connectivity index (χ1n) is 22.8. The molecule has 4 unspecified atom stereocenters. The third kappa shape index (κ3) is 9.92. The number of piperidine rings is 1. The normalized spacial score (nSPS) is 20.1. The van der Waals surface area contributed by atoms with Gasteiger partial charge >= 0.3 is 0 Å². The lowest BCUT2D eigenvalue weighted by molar-refractivity contribution is -0.134. The van der Waals surface area contributed by atoms with Gasteiger partial charge in [-0.05, 0) is 136 Å². The Kier molecular flexibility index (Phi) is 14.1. The van der Waals surface area contributed by atoms with E-state index in [1.807, 2.05) is 46.7 Å². The van der Waals surface area contributed by atoms with Crippen molar-refractivity contribution in [3.05, 3.63) is 128 Å². The Bertz CT molecular complexity index is 2710. The molecule has 340 valence electrons. The number of imidazole rings is 2. The second-order valence-electron chi connectivity index (χ2n) is 17.6. The van der Waals surface area contributed by atoms with E-state index in [0.717, 1.165) is 123 Å². The van der Waals surface area contributed by atoms with Crippen molar-refractivity contribution in [2.75, 3.05) is 57.3 Å². The van der Waals surface area contributed by atoms with Crippen LogP contribution in [0.5, 0.6) is 0 Å². The summed E-state index contributed by atoms with van der Waals surface area (Å²) in [6, 6.07) is 24.1. The van der Waals surface area contributed by atoms with Crippen molar-refractivity contribution in [3.8, 4) is 0 Å². The zero-order valence-corrected chi connectivity index (χ0v) is 39.9. The summed E-state index contributed by atoms with van der Waals surface area (Å²) in [6.45, 7) is 10.7. The average Bonchev–Trinajstić information content (AvgIpc) is 4.12. The van der Waals surface area contributed by atoms with Gasteiger partial charge in [-0.15, -0.1) is 0 Å². The Labute approximate surface area is 400 Å². The van der Waals surface area contributed by atoms with Gasteiger partial charge in [0.1, 0.15) is 0 Å². The number of hydrogen-bond acceptors (Lipinski definition) is 7. The molecule has 4 atom stereocenters. The van der Waals surface area contributed by atoms with Gasteiger partial charge in [-0.25, -0.2) is 9.97 Å². The topological polar surface area (TPSA) is 104 Å². The third-order valence-electron chi connectivity index (χ3n) is 13.6. The number of aromatic nitrogens is 4. The molecule has 0 bridgehead atoms. The van der Waals surface area contributed by atoms with E-state index in [9.17, 15) is 9.59 Å². The van der Waals surface area contributed by atoms with Gasteiger partial charge in [0, 0.05) is 65.0 Å². The Morgan fingerprint density at radius 2 is 1.20 bits per heavy atom. The fourth-order valence-corrected chi connectivity index (χ4v) is 10.9. The van der Waals surface area contributed by atoms with Crippen molar-refractivity contribution >= 4 is 91.5 Å². The molecule has 10 rings (SSSR count). The summed E-state index contributed by atoms with van der Waals surface area (Å²) >= 11 is 25.1. The lowest BCUT2D eigenvalue weighted by Gasteiger charge is -2.37. The fourth-order valence-electron chi connectivity index (χ4n) is 9.75. The number of carbonyl (C=O) groups excluding carboxylic acids is 2. The highest BCUT2D eigenvalue weighted by Gasteiger charge is 2.30. The van der Waals surface area contributed by atoms with Crippen LogP contribution in [0.1, 0.15) is 81.1 Å². The minimum Gasteiger partial charge on any atom is -0.368 e. The van der Waals surface area contributed by atoms with Gasteiger partial charge < -0.3 is 34.5 Å². The van der Waals surface area contributed by atoms with Crippen LogP contribution >= 0.6 is 46.4 Å². The van der Waals surface area contributed by atoms with Crippen LogP contribution in [0.3, 0.4) is 0 Å². The van der Waals surface area contributed by atoms with Crippen LogP contribution in [0.15, 0.2) is 91.5 Å². The molecular weight excluding hydrogens is 900 g/mol. The molecular formula is C50H55Cl4N9O2. The van der Waals surface area contributed by atoms with E-state index < -0.39 is 0 Å². The molecule has 11 nitrogen and oxygen atoms in total. The van der Waals surface area contributed by atoms with E-state index in [1.54, 1.807) is 12.1 Å². The molecule has 2 amide bonds. The highest BCUT2D eigenvalue weighted by atomic mass is 35.5. The number of rotatable bonds is 8. The lowest BCUT2D eigenvalue weighted by atomic mass is 9.97. The van der Waals surface area contributed by atoms with Gasteiger partial charge in [0.15, 0.2) is 0 Å². The maximum atomic E-state index is 12.8. The van der Waals surface area contributed by atoms with Gasteiger partial charge in [-0.2, -0.15) is 0 Å². The maximum Gasteiger partial charge on any atom is 0.239 e. The SMILES string of the molecule is CC(c1ccc(Cl)cc1Cl)n1cnc2ccc(C3=CCN(C(=O)C4CCCCN4)CC3)cc21.CC(c1ccc(Cl)cc1Cl)n1cnc2ccc(N3CCN(C(=O)C4CCCN4)CC3)cc21. The Morgan fingerprint density at radius 1 is 0.631 bits per heavy atom. The molecule has 4 aromatic carbocycles. The molecule has 2 aromatic heterocycles. The van der Waals surface area contributed by atoms with Crippen molar-refractivity contribution in [3.63, 3.8) is 0 Å². The van der Waals surface area contributed by atoms with Crippen molar-refractivity contribution in [2.45, 2.75) is 76.5 Å². The number of fused-ring (bicyclic) bond motifs is 2. The van der Waals surface area contributed by atoms with Crippen molar-refractivity contribution in [1.29, 1.82) is 0 Å². The third-order valence-corrected chi connectivity index (χ3v) is 14.7.